The highest BCUT2D eigenvalue weighted by molar-refractivity contribution is 9.10. The van der Waals surface area contributed by atoms with Crippen molar-refractivity contribution in [2.45, 2.75) is 31.2 Å². The van der Waals surface area contributed by atoms with Gasteiger partial charge in [0.15, 0.2) is 0 Å². The van der Waals surface area contributed by atoms with Gasteiger partial charge in [-0.25, -0.2) is 0 Å². The summed E-state index contributed by atoms with van der Waals surface area (Å²) < 4.78 is 1.24. The molecule has 1 saturated carbocycles. The van der Waals surface area contributed by atoms with Crippen LogP contribution in [0.3, 0.4) is 0 Å². The third-order valence-corrected chi connectivity index (χ3v) is 5.94. The Hall–Kier alpha value is -0.640. The molecule has 1 fully saturated rings. The van der Waals surface area contributed by atoms with Crippen LogP contribution in [-0.4, -0.2) is 6.54 Å². The molecular formula is C16H18BrNS. The predicted octanol–water partition coefficient (Wildman–Crippen LogP) is 4.89. The minimum Gasteiger partial charge on any atom is -0.309 e. The van der Waals surface area contributed by atoms with Crippen molar-refractivity contribution in [2.75, 3.05) is 6.54 Å². The summed E-state index contributed by atoms with van der Waals surface area (Å²) in [5, 5.41) is 5.88. The number of likely N-dealkylation sites (N-methyl/N-ethyl adjacent to an activating group) is 1. The number of hydrogen-bond donors (Lipinski definition) is 1. The van der Waals surface area contributed by atoms with Crippen molar-refractivity contribution in [1.82, 2.24) is 5.32 Å². The van der Waals surface area contributed by atoms with Crippen LogP contribution in [0.2, 0.25) is 0 Å². The summed E-state index contributed by atoms with van der Waals surface area (Å²) in [4.78, 5) is 1.43. The average Bonchev–Trinajstić information content (AvgIpc) is 3.14. The Balaban J connectivity index is 1.99. The smallest absolute Gasteiger partial charge is 0.0524 e. The summed E-state index contributed by atoms with van der Waals surface area (Å²) in [6.45, 7) is 3.19. The molecule has 100 valence electrons. The molecule has 1 atom stereocenters. The van der Waals surface area contributed by atoms with Crippen LogP contribution in [0.4, 0.5) is 0 Å². The van der Waals surface area contributed by atoms with Crippen LogP contribution < -0.4 is 5.32 Å². The Morgan fingerprint density at radius 2 is 2.00 bits per heavy atom. The highest BCUT2D eigenvalue weighted by Crippen LogP contribution is 2.58. The van der Waals surface area contributed by atoms with Crippen LogP contribution in [0.15, 0.2) is 46.3 Å². The van der Waals surface area contributed by atoms with Gasteiger partial charge in [0.1, 0.15) is 0 Å². The molecule has 1 heterocycles. The molecule has 0 aliphatic heterocycles. The molecular weight excluding hydrogens is 318 g/mol. The second-order valence-electron chi connectivity index (χ2n) is 5.15. The van der Waals surface area contributed by atoms with Crippen LogP contribution in [0, 0.1) is 0 Å². The van der Waals surface area contributed by atoms with E-state index >= 15 is 0 Å². The van der Waals surface area contributed by atoms with E-state index in [1.807, 2.05) is 11.3 Å². The molecule has 19 heavy (non-hydrogen) atoms. The van der Waals surface area contributed by atoms with E-state index in [1.165, 1.54) is 27.8 Å². The molecule has 1 nitrogen and oxygen atoms in total. The van der Waals surface area contributed by atoms with Crippen LogP contribution >= 0.6 is 27.3 Å². The zero-order valence-corrected chi connectivity index (χ0v) is 13.4. The standard InChI is InChI=1S/C16H18BrNS/c1-2-18-15(14-13(17)8-11-19-14)16(9-10-16)12-6-4-3-5-7-12/h3-8,11,15,18H,2,9-10H2,1H3. The van der Waals surface area contributed by atoms with E-state index in [4.69, 9.17) is 0 Å². The number of thiophene rings is 1. The van der Waals surface area contributed by atoms with Gasteiger partial charge in [-0.3, -0.25) is 0 Å². The summed E-state index contributed by atoms with van der Waals surface area (Å²) in [6, 6.07) is 13.5. The van der Waals surface area contributed by atoms with E-state index in [0.717, 1.165) is 6.54 Å². The van der Waals surface area contributed by atoms with Gasteiger partial charge < -0.3 is 5.32 Å². The lowest BCUT2D eigenvalue weighted by Crippen LogP contribution is -2.31. The van der Waals surface area contributed by atoms with Gasteiger partial charge in [-0.2, -0.15) is 0 Å². The van der Waals surface area contributed by atoms with Crippen molar-refractivity contribution < 1.29 is 0 Å². The van der Waals surface area contributed by atoms with Crippen molar-refractivity contribution in [3.63, 3.8) is 0 Å². The monoisotopic (exact) mass is 335 g/mol. The molecule has 1 unspecified atom stereocenters. The van der Waals surface area contributed by atoms with E-state index in [0.29, 0.717) is 11.5 Å². The Morgan fingerprint density at radius 3 is 2.53 bits per heavy atom. The van der Waals surface area contributed by atoms with Gasteiger partial charge in [-0.1, -0.05) is 37.3 Å². The number of halogens is 1. The fraction of sp³-hybridized carbons (Fsp3) is 0.375. The van der Waals surface area contributed by atoms with Crippen molar-refractivity contribution in [3.05, 3.63) is 56.7 Å². The molecule has 1 aromatic carbocycles. The maximum Gasteiger partial charge on any atom is 0.0524 e. The highest BCUT2D eigenvalue weighted by Gasteiger charge is 2.51. The zero-order chi connectivity index (χ0) is 13.3. The molecule has 0 radical (unpaired) electrons. The summed E-state index contributed by atoms with van der Waals surface area (Å²) in [5.74, 6) is 0. The summed E-state index contributed by atoms with van der Waals surface area (Å²) in [7, 11) is 0. The molecule has 0 amide bonds. The summed E-state index contributed by atoms with van der Waals surface area (Å²) >= 11 is 5.55. The predicted molar refractivity (Wildman–Crippen MR) is 85.8 cm³/mol. The lowest BCUT2D eigenvalue weighted by Gasteiger charge is -2.28. The first-order chi connectivity index (χ1) is 9.28. The van der Waals surface area contributed by atoms with Crippen LogP contribution in [0.25, 0.3) is 0 Å². The third kappa shape index (κ3) is 2.39. The fourth-order valence-electron chi connectivity index (χ4n) is 2.90. The second kappa shape index (κ2) is 5.39. The van der Waals surface area contributed by atoms with Gasteiger partial charge in [0.25, 0.3) is 0 Å². The topological polar surface area (TPSA) is 12.0 Å². The molecule has 0 bridgehead atoms. The maximum atomic E-state index is 3.71. The summed E-state index contributed by atoms with van der Waals surface area (Å²) in [6.07, 6.45) is 2.55. The lowest BCUT2D eigenvalue weighted by atomic mass is 9.87. The van der Waals surface area contributed by atoms with Gasteiger partial charge in [-0.05, 0) is 52.3 Å². The normalized spacial score (nSPS) is 18.2. The van der Waals surface area contributed by atoms with Crippen molar-refractivity contribution in [2.24, 2.45) is 0 Å². The number of nitrogens with one attached hydrogen (secondary N) is 1. The fourth-order valence-corrected chi connectivity index (χ4v) is 4.70. The first-order valence-electron chi connectivity index (χ1n) is 6.80. The molecule has 0 saturated heterocycles. The average molecular weight is 336 g/mol. The highest BCUT2D eigenvalue weighted by atomic mass is 79.9. The molecule has 3 heteroatoms. The Bertz CT molecular complexity index is 545. The van der Waals surface area contributed by atoms with Crippen LogP contribution in [0.1, 0.15) is 36.2 Å². The Labute approximate surface area is 127 Å². The van der Waals surface area contributed by atoms with Crippen molar-refractivity contribution in [1.29, 1.82) is 0 Å². The largest absolute Gasteiger partial charge is 0.309 e. The molecule has 1 aliphatic rings. The van der Waals surface area contributed by atoms with Gasteiger partial charge in [0, 0.05) is 14.8 Å². The molecule has 3 rings (SSSR count). The molecule has 1 aliphatic carbocycles. The quantitative estimate of drug-likeness (QED) is 0.819. The van der Waals surface area contributed by atoms with E-state index in [-0.39, 0.29) is 0 Å². The Kier molecular flexibility index (Phi) is 3.79. The van der Waals surface area contributed by atoms with Gasteiger partial charge in [0.05, 0.1) is 6.04 Å². The van der Waals surface area contributed by atoms with Gasteiger partial charge in [-0.15, -0.1) is 11.3 Å². The molecule has 1 N–H and O–H groups in total. The van der Waals surface area contributed by atoms with Crippen molar-refractivity contribution in [3.8, 4) is 0 Å². The summed E-state index contributed by atoms with van der Waals surface area (Å²) in [5.41, 5.74) is 1.77. The maximum absolute atomic E-state index is 3.71. The van der Waals surface area contributed by atoms with Crippen LogP contribution in [0.5, 0.6) is 0 Å². The number of rotatable bonds is 5. The van der Waals surface area contributed by atoms with Crippen molar-refractivity contribution >= 4 is 27.3 Å². The first-order valence-corrected chi connectivity index (χ1v) is 8.47. The van der Waals surface area contributed by atoms with Crippen LogP contribution in [-0.2, 0) is 5.41 Å². The number of benzene rings is 1. The van der Waals surface area contributed by atoms with E-state index in [2.05, 4.69) is 69.9 Å². The molecule has 0 spiro atoms. The first kappa shape index (κ1) is 13.3. The van der Waals surface area contributed by atoms with E-state index in [1.54, 1.807) is 0 Å². The van der Waals surface area contributed by atoms with E-state index < -0.39 is 0 Å². The lowest BCUT2D eigenvalue weighted by molar-refractivity contribution is 0.445. The van der Waals surface area contributed by atoms with Gasteiger partial charge >= 0.3 is 0 Å². The van der Waals surface area contributed by atoms with Gasteiger partial charge in [0.2, 0.25) is 0 Å². The Morgan fingerprint density at radius 1 is 1.26 bits per heavy atom. The van der Waals surface area contributed by atoms with E-state index in [9.17, 15) is 0 Å². The second-order valence-corrected chi connectivity index (χ2v) is 6.95. The minimum absolute atomic E-state index is 0.296. The zero-order valence-electron chi connectivity index (χ0n) is 11.0. The number of hydrogen-bond acceptors (Lipinski definition) is 2. The third-order valence-electron chi connectivity index (χ3n) is 4.01. The molecule has 1 aromatic heterocycles. The molecule has 2 aromatic rings. The SMILES string of the molecule is CCNC(c1sccc1Br)C1(c2ccccc2)CC1. The minimum atomic E-state index is 0.296.